The zero-order valence-corrected chi connectivity index (χ0v) is 17.7. The average molecular weight is 431 g/mol. The number of rotatable bonds is 7. The van der Waals surface area contributed by atoms with E-state index in [1.54, 1.807) is 0 Å². The maximum absolute atomic E-state index is 12.5. The highest BCUT2D eigenvalue weighted by atomic mass is 16.6. The topological polar surface area (TPSA) is 84.9 Å². The average Bonchev–Trinajstić information content (AvgIpc) is 3.14. The maximum Gasteiger partial charge on any atom is 0.407 e. The van der Waals surface area contributed by atoms with E-state index in [-0.39, 0.29) is 19.1 Å². The van der Waals surface area contributed by atoms with E-state index in [1.807, 2.05) is 66.7 Å². The van der Waals surface area contributed by atoms with Crippen molar-refractivity contribution in [2.75, 3.05) is 6.61 Å². The van der Waals surface area contributed by atoms with E-state index in [0.717, 1.165) is 27.8 Å². The van der Waals surface area contributed by atoms with Crippen LogP contribution in [0.4, 0.5) is 4.79 Å². The monoisotopic (exact) mass is 431 g/mol. The van der Waals surface area contributed by atoms with Gasteiger partial charge in [0.1, 0.15) is 13.2 Å². The lowest BCUT2D eigenvalue weighted by Crippen LogP contribution is -2.48. The molecule has 32 heavy (non-hydrogen) atoms. The molecule has 0 bridgehead atoms. The number of ether oxygens (including phenoxy) is 2. The number of hydrogen-bond acceptors (Lipinski definition) is 5. The van der Waals surface area contributed by atoms with E-state index in [1.165, 1.54) is 6.92 Å². The summed E-state index contributed by atoms with van der Waals surface area (Å²) in [6.07, 6.45) is -1.92. The molecule has 2 N–H and O–H groups in total. The van der Waals surface area contributed by atoms with Crippen molar-refractivity contribution in [2.45, 2.75) is 31.6 Å². The summed E-state index contributed by atoms with van der Waals surface area (Å²) in [5.41, 5.74) is 5.25. The molecule has 6 heteroatoms. The van der Waals surface area contributed by atoms with Crippen molar-refractivity contribution in [3.8, 4) is 11.1 Å². The van der Waals surface area contributed by atoms with Gasteiger partial charge in [-0.15, -0.1) is 0 Å². The molecule has 6 nitrogen and oxygen atoms in total. The van der Waals surface area contributed by atoms with Gasteiger partial charge in [-0.1, -0.05) is 78.9 Å². The highest BCUT2D eigenvalue weighted by Crippen LogP contribution is 2.44. The van der Waals surface area contributed by atoms with Gasteiger partial charge in [0, 0.05) is 5.92 Å². The largest absolute Gasteiger partial charge is 0.459 e. The Kier molecular flexibility index (Phi) is 6.52. The molecular formula is C26H25NO5. The van der Waals surface area contributed by atoms with Crippen LogP contribution >= 0.6 is 0 Å². The molecule has 0 aliphatic heterocycles. The lowest BCUT2D eigenvalue weighted by molar-refractivity contribution is -0.150. The molecule has 0 spiro atoms. The molecule has 1 aliphatic rings. The van der Waals surface area contributed by atoms with Gasteiger partial charge in [-0.05, 0) is 34.7 Å². The summed E-state index contributed by atoms with van der Waals surface area (Å²) in [7, 11) is 0. The van der Waals surface area contributed by atoms with Crippen LogP contribution in [0.2, 0.25) is 0 Å². The van der Waals surface area contributed by atoms with Crippen molar-refractivity contribution in [3.63, 3.8) is 0 Å². The fourth-order valence-corrected chi connectivity index (χ4v) is 3.96. The summed E-state index contributed by atoms with van der Waals surface area (Å²) < 4.78 is 10.7. The van der Waals surface area contributed by atoms with Gasteiger partial charge < -0.3 is 19.9 Å². The Morgan fingerprint density at radius 3 is 2.03 bits per heavy atom. The molecule has 0 aromatic heterocycles. The summed E-state index contributed by atoms with van der Waals surface area (Å²) in [5.74, 6) is -0.819. The predicted octanol–water partition coefficient (Wildman–Crippen LogP) is 4.02. The number of esters is 1. The van der Waals surface area contributed by atoms with Crippen molar-refractivity contribution < 1.29 is 24.2 Å². The number of aliphatic hydroxyl groups is 1. The Bertz CT molecular complexity index is 1050. The van der Waals surface area contributed by atoms with Gasteiger partial charge in [0.15, 0.2) is 6.04 Å². The zero-order valence-electron chi connectivity index (χ0n) is 17.7. The van der Waals surface area contributed by atoms with Gasteiger partial charge in [0.05, 0.1) is 6.10 Å². The number of benzene rings is 3. The Labute approximate surface area is 186 Å². The van der Waals surface area contributed by atoms with E-state index < -0.39 is 24.2 Å². The highest BCUT2D eigenvalue weighted by Gasteiger charge is 2.31. The summed E-state index contributed by atoms with van der Waals surface area (Å²) >= 11 is 0. The first kappa shape index (κ1) is 21.6. The first-order chi connectivity index (χ1) is 15.5. The molecular weight excluding hydrogens is 406 g/mol. The van der Waals surface area contributed by atoms with Crippen LogP contribution in [0, 0.1) is 0 Å². The van der Waals surface area contributed by atoms with Crippen molar-refractivity contribution >= 4 is 12.1 Å². The Balaban J connectivity index is 1.37. The molecule has 0 saturated heterocycles. The lowest BCUT2D eigenvalue weighted by atomic mass is 9.98. The standard InChI is InChI=1S/C26H25NO5/c1-17(28)24(25(29)31-15-18-9-3-2-4-10-18)27-26(30)32-16-23-21-13-7-5-11-19(21)20-12-6-8-14-22(20)23/h2-14,17,23-24,28H,15-16H2,1H3,(H,27,30)/t17?,24-/m0/s1. The minimum atomic E-state index is -1.23. The predicted molar refractivity (Wildman–Crippen MR) is 120 cm³/mol. The Morgan fingerprint density at radius 1 is 0.875 bits per heavy atom. The summed E-state index contributed by atoms with van der Waals surface area (Å²) in [6, 6.07) is 24.0. The van der Waals surface area contributed by atoms with Gasteiger partial charge >= 0.3 is 12.1 Å². The number of carbonyl (C=O) groups excluding carboxylic acids is 2. The molecule has 1 amide bonds. The third-order valence-corrected chi connectivity index (χ3v) is 5.58. The van der Waals surface area contributed by atoms with Crippen LogP contribution in [0.5, 0.6) is 0 Å². The van der Waals surface area contributed by atoms with Crippen LogP contribution < -0.4 is 5.32 Å². The van der Waals surface area contributed by atoms with E-state index in [9.17, 15) is 14.7 Å². The molecule has 0 radical (unpaired) electrons. The molecule has 3 aromatic carbocycles. The zero-order chi connectivity index (χ0) is 22.5. The van der Waals surface area contributed by atoms with Crippen LogP contribution in [-0.2, 0) is 20.9 Å². The van der Waals surface area contributed by atoms with E-state index in [2.05, 4.69) is 17.4 Å². The van der Waals surface area contributed by atoms with Crippen molar-refractivity contribution in [3.05, 3.63) is 95.6 Å². The maximum atomic E-state index is 12.5. The molecule has 0 fully saturated rings. The fourth-order valence-electron chi connectivity index (χ4n) is 3.96. The smallest absolute Gasteiger partial charge is 0.407 e. The lowest BCUT2D eigenvalue weighted by Gasteiger charge is -2.21. The number of amides is 1. The molecule has 164 valence electrons. The molecule has 0 saturated carbocycles. The van der Waals surface area contributed by atoms with Crippen LogP contribution in [-0.4, -0.2) is 35.9 Å². The molecule has 0 heterocycles. The Hall–Kier alpha value is -3.64. The number of hydrogen-bond donors (Lipinski definition) is 2. The van der Waals surface area contributed by atoms with Crippen LogP contribution in [0.3, 0.4) is 0 Å². The third-order valence-electron chi connectivity index (χ3n) is 5.58. The second-order valence-electron chi connectivity index (χ2n) is 7.78. The Morgan fingerprint density at radius 2 is 1.44 bits per heavy atom. The van der Waals surface area contributed by atoms with Gasteiger partial charge in [-0.3, -0.25) is 0 Å². The minimum Gasteiger partial charge on any atom is -0.459 e. The van der Waals surface area contributed by atoms with Gasteiger partial charge in [-0.25, -0.2) is 9.59 Å². The third kappa shape index (κ3) is 4.65. The van der Waals surface area contributed by atoms with Gasteiger partial charge in [0.25, 0.3) is 0 Å². The SMILES string of the molecule is CC(O)[C@H](NC(=O)OCC1c2ccccc2-c2ccccc21)C(=O)OCc1ccccc1. The summed E-state index contributed by atoms with van der Waals surface area (Å²) in [6.45, 7) is 1.58. The number of fused-ring (bicyclic) bond motifs is 3. The van der Waals surface area contributed by atoms with Crippen LogP contribution in [0.25, 0.3) is 11.1 Å². The normalized spacial score (nSPS) is 14.1. The van der Waals surface area contributed by atoms with Gasteiger partial charge in [-0.2, -0.15) is 0 Å². The quantitative estimate of drug-likeness (QED) is 0.552. The first-order valence-electron chi connectivity index (χ1n) is 10.5. The second-order valence-corrected chi connectivity index (χ2v) is 7.78. The van der Waals surface area contributed by atoms with E-state index in [4.69, 9.17) is 9.47 Å². The van der Waals surface area contributed by atoms with Crippen LogP contribution in [0.1, 0.15) is 29.5 Å². The van der Waals surface area contributed by atoms with E-state index in [0.29, 0.717) is 0 Å². The second kappa shape index (κ2) is 9.66. The minimum absolute atomic E-state index is 0.0509. The highest BCUT2D eigenvalue weighted by molar-refractivity contribution is 5.82. The van der Waals surface area contributed by atoms with Crippen LogP contribution in [0.15, 0.2) is 78.9 Å². The molecule has 3 aromatic rings. The first-order valence-corrected chi connectivity index (χ1v) is 10.5. The molecule has 4 rings (SSSR count). The number of carbonyl (C=O) groups is 2. The van der Waals surface area contributed by atoms with E-state index >= 15 is 0 Å². The van der Waals surface area contributed by atoms with Crippen molar-refractivity contribution in [1.82, 2.24) is 5.32 Å². The molecule has 2 atom stereocenters. The summed E-state index contributed by atoms with van der Waals surface area (Å²) in [5, 5.41) is 12.4. The van der Waals surface area contributed by atoms with Gasteiger partial charge in [0.2, 0.25) is 0 Å². The summed E-state index contributed by atoms with van der Waals surface area (Å²) in [4.78, 5) is 24.9. The number of aliphatic hydroxyl groups excluding tert-OH is 1. The van der Waals surface area contributed by atoms with Crippen molar-refractivity contribution in [1.29, 1.82) is 0 Å². The fraction of sp³-hybridized carbons (Fsp3) is 0.231. The molecule has 1 aliphatic carbocycles. The van der Waals surface area contributed by atoms with Crippen molar-refractivity contribution in [2.24, 2.45) is 0 Å². The number of nitrogens with one attached hydrogen (secondary N) is 1. The number of alkyl carbamates (subject to hydrolysis) is 1. The molecule has 1 unspecified atom stereocenters.